The standard InChI is InChI=1S/C16H19F2N3O3/c1-2-24-9-12-7-11(8-19)15(20-13(12)14(17)18)21-5-3-10(4-6-21)16(22)23/h7,10,14H,2-6,9H2,1H3,(H,22,23). The first-order valence-electron chi connectivity index (χ1n) is 7.75. The Kier molecular flexibility index (Phi) is 6.04. The molecule has 1 aromatic rings. The summed E-state index contributed by atoms with van der Waals surface area (Å²) in [6.07, 6.45) is -1.98. The molecule has 0 atom stereocenters. The van der Waals surface area contributed by atoms with Crippen LogP contribution in [0, 0.1) is 17.2 Å². The van der Waals surface area contributed by atoms with Gasteiger partial charge in [0.25, 0.3) is 6.43 Å². The smallest absolute Gasteiger partial charge is 0.306 e. The Balaban J connectivity index is 2.31. The van der Waals surface area contributed by atoms with E-state index in [0.29, 0.717) is 32.5 Å². The number of halogens is 2. The molecule has 0 spiro atoms. The quantitative estimate of drug-likeness (QED) is 0.857. The second kappa shape index (κ2) is 8.02. The van der Waals surface area contributed by atoms with Crippen LogP contribution in [-0.2, 0) is 16.1 Å². The van der Waals surface area contributed by atoms with Crippen molar-refractivity contribution in [1.29, 1.82) is 5.26 Å². The minimum Gasteiger partial charge on any atom is -0.481 e. The number of anilines is 1. The Bertz CT molecular complexity index is 638. The number of nitrogens with zero attached hydrogens (tertiary/aromatic N) is 3. The van der Waals surface area contributed by atoms with Crippen LogP contribution >= 0.6 is 0 Å². The zero-order valence-electron chi connectivity index (χ0n) is 13.3. The fraction of sp³-hybridized carbons (Fsp3) is 0.562. The average molecular weight is 339 g/mol. The number of ether oxygens (including phenoxy) is 1. The van der Waals surface area contributed by atoms with E-state index >= 15 is 0 Å². The molecule has 1 aromatic heterocycles. The summed E-state index contributed by atoms with van der Waals surface area (Å²) in [7, 11) is 0. The van der Waals surface area contributed by atoms with Crippen LogP contribution in [0.4, 0.5) is 14.6 Å². The number of aromatic nitrogens is 1. The van der Waals surface area contributed by atoms with E-state index in [4.69, 9.17) is 9.84 Å². The Morgan fingerprint density at radius 3 is 2.71 bits per heavy atom. The number of pyridine rings is 1. The number of carbonyl (C=O) groups is 1. The lowest BCUT2D eigenvalue weighted by atomic mass is 9.96. The molecule has 1 fully saturated rings. The summed E-state index contributed by atoms with van der Waals surface area (Å²) in [4.78, 5) is 16.7. The van der Waals surface area contributed by atoms with Crippen LogP contribution in [-0.4, -0.2) is 35.8 Å². The van der Waals surface area contributed by atoms with Crippen molar-refractivity contribution >= 4 is 11.8 Å². The van der Waals surface area contributed by atoms with E-state index in [9.17, 15) is 18.8 Å². The molecule has 0 radical (unpaired) electrons. The molecule has 0 saturated carbocycles. The molecule has 0 aliphatic carbocycles. The summed E-state index contributed by atoms with van der Waals surface area (Å²) < 4.78 is 31.8. The fourth-order valence-electron chi connectivity index (χ4n) is 2.74. The second-order valence-corrected chi connectivity index (χ2v) is 5.55. The molecule has 6 nitrogen and oxygen atoms in total. The summed E-state index contributed by atoms with van der Waals surface area (Å²) in [5.74, 6) is -1.11. The van der Waals surface area contributed by atoms with Crippen molar-refractivity contribution in [3.8, 4) is 6.07 Å². The number of aliphatic carboxylic acids is 1. The van der Waals surface area contributed by atoms with E-state index in [-0.39, 0.29) is 23.6 Å². The number of hydrogen-bond acceptors (Lipinski definition) is 5. The normalized spacial score (nSPS) is 15.5. The largest absolute Gasteiger partial charge is 0.481 e. The third-order valence-electron chi connectivity index (χ3n) is 4.05. The maximum atomic E-state index is 13.3. The fourth-order valence-corrected chi connectivity index (χ4v) is 2.74. The van der Waals surface area contributed by atoms with Gasteiger partial charge in [-0.05, 0) is 25.8 Å². The summed E-state index contributed by atoms with van der Waals surface area (Å²) in [5.41, 5.74) is 0.00765. The lowest BCUT2D eigenvalue weighted by Crippen LogP contribution is -2.37. The summed E-state index contributed by atoms with van der Waals surface area (Å²) >= 11 is 0. The van der Waals surface area contributed by atoms with Crippen molar-refractivity contribution in [3.05, 3.63) is 22.9 Å². The molecule has 2 rings (SSSR count). The van der Waals surface area contributed by atoms with Crippen molar-refractivity contribution in [2.24, 2.45) is 5.92 Å². The second-order valence-electron chi connectivity index (χ2n) is 5.55. The summed E-state index contributed by atoms with van der Waals surface area (Å²) in [6, 6.07) is 3.38. The van der Waals surface area contributed by atoms with Gasteiger partial charge >= 0.3 is 5.97 Å². The van der Waals surface area contributed by atoms with Crippen LogP contribution in [0.3, 0.4) is 0 Å². The van der Waals surface area contributed by atoms with Crippen LogP contribution in [0.1, 0.15) is 43.0 Å². The number of nitriles is 1. The predicted octanol–water partition coefficient (Wildman–Crippen LogP) is 2.73. The molecule has 2 heterocycles. The first-order valence-corrected chi connectivity index (χ1v) is 7.75. The molecule has 8 heteroatoms. The zero-order valence-corrected chi connectivity index (χ0v) is 13.3. The molecule has 1 aliphatic rings. The third kappa shape index (κ3) is 3.97. The van der Waals surface area contributed by atoms with E-state index < -0.39 is 24.0 Å². The Morgan fingerprint density at radius 1 is 1.54 bits per heavy atom. The minimum atomic E-state index is -2.77. The van der Waals surface area contributed by atoms with Gasteiger partial charge in [-0.3, -0.25) is 4.79 Å². The van der Waals surface area contributed by atoms with Gasteiger partial charge in [-0.15, -0.1) is 0 Å². The van der Waals surface area contributed by atoms with E-state index in [0.717, 1.165) is 0 Å². The van der Waals surface area contributed by atoms with Gasteiger partial charge in [0.1, 0.15) is 17.6 Å². The van der Waals surface area contributed by atoms with Crippen molar-refractivity contribution in [2.45, 2.75) is 32.8 Å². The highest BCUT2D eigenvalue weighted by molar-refractivity contribution is 5.70. The molecule has 130 valence electrons. The van der Waals surface area contributed by atoms with Gasteiger partial charge in [0.05, 0.1) is 18.1 Å². The molecular weight excluding hydrogens is 320 g/mol. The molecule has 1 aliphatic heterocycles. The highest BCUT2D eigenvalue weighted by Crippen LogP contribution is 2.30. The van der Waals surface area contributed by atoms with Crippen LogP contribution < -0.4 is 4.90 Å². The van der Waals surface area contributed by atoms with Gasteiger partial charge < -0.3 is 14.7 Å². The van der Waals surface area contributed by atoms with Gasteiger partial charge in [-0.2, -0.15) is 5.26 Å². The monoisotopic (exact) mass is 339 g/mol. The van der Waals surface area contributed by atoms with Crippen LogP contribution in [0.25, 0.3) is 0 Å². The van der Waals surface area contributed by atoms with E-state index in [2.05, 4.69) is 4.98 Å². The molecule has 1 saturated heterocycles. The maximum absolute atomic E-state index is 13.3. The Morgan fingerprint density at radius 2 is 2.21 bits per heavy atom. The number of hydrogen-bond donors (Lipinski definition) is 1. The topological polar surface area (TPSA) is 86.5 Å². The van der Waals surface area contributed by atoms with Gasteiger partial charge in [0.15, 0.2) is 0 Å². The van der Waals surface area contributed by atoms with Crippen molar-refractivity contribution in [2.75, 3.05) is 24.6 Å². The van der Waals surface area contributed by atoms with Gasteiger partial charge in [0.2, 0.25) is 0 Å². The highest BCUT2D eigenvalue weighted by Gasteiger charge is 2.28. The molecule has 0 bridgehead atoms. The molecule has 0 aromatic carbocycles. The lowest BCUT2D eigenvalue weighted by Gasteiger charge is -2.32. The van der Waals surface area contributed by atoms with Crippen LogP contribution in [0.15, 0.2) is 6.07 Å². The molecule has 0 unspecified atom stereocenters. The average Bonchev–Trinajstić information content (AvgIpc) is 2.59. The molecular formula is C16H19F2N3O3. The predicted molar refractivity (Wildman–Crippen MR) is 81.8 cm³/mol. The van der Waals surface area contributed by atoms with Crippen LogP contribution in [0.5, 0.6) is 0 Å². The lowest BCUT2D eigenvalue weighted by molar-refractivity contribution is -0.142. The number of rotatable bonds is 6. The highest BCUT2D eigenvalue weighted by atomic mass is 19.3. The van der Waals surface area contributed by atoms with Gasteiger partial charge in [-0.25, -0.2) is 13.8 Å². The maximum Gasteiger partial charge on any atom is 0.306 e. The van der Waals surface area contributed by atoms with Gasteiger partial charge in [-0.1, -0.05) is 0 Å². The van der Waals surface area contributed by atoms with E-state index in [1.54, 1.807) is 11.8 Å². The Hall–Kier alpha value is -2.27. The van der Waals surface area contributed by atoms with Gasteiger partial charge in [0, 0.05) is 25.3 Å². The molecule has 1 N–H and O–H groups in total. The first-order chi connectivity index (χ1) is 11.5. The number of piperidine rings is 1. The van der Waals surface area contributed by atoms with Crippen molar-refractivity contribution in [3.63, 3.8) is 0 Å². The summed E-state index contributed by atoms with van der Waals surface area (Å²) in [5, 5.41) is 18.4. The van der Waals surface area contributed by atoms with Crippen molar-refractivity contribution < 1.29 is 23.4 Å². The molecule has 24 heavy (non-hydrogen) atoms. The van der Waals surface area contributed by atoms with E-state index in [1.165, 1.54) is 6.07 Å². The number of alkyl halides is 2. The SMILES string of the molecule is CCOCc1cc(C#N)c(N2CCC(C(=O)O)CC2)nc1C(F)F. The zero-order chi connectivity index (χ0) is 17.7. The summed E-state index contributed by atoms with van der Waals surface area (Å²) in [6.45, 7) is 2.83. The van der Waals surface area contributed by atoms with Crippen molar-refractivity contribution in [1.82, 2.24) is 4.98 Å². The Labute approximate surface area is 138 Å². The number of carboxylic acids is 1. The third-order valence-corrected chi connectivity index (χ3v) is 4.05. The first kappa shape index (κ1) is 18.1. The van der Waals surface area contributed by atoms with E-state index in [1.807, 2.05) is 6.07 Å². The van der Waals surface area contributed by atoms with Crippen LogP contribution in [0.2, 0.25) is 0 Å². The minimum absolute atomic E-state index is 0.0285. The number of carboxylic acid groups (broad SMARTS) is 1. The molecule has 0 amide bonds.